The average Bonchev–Trinajstić information content (AvgIpc) is 2.69. The van der Waals surface area contributed by atoms with Crippen LogP contribution in [0.4, 0.5) is 10.5 Å². The van der Waals surface area contributed by atoms with Crippen molar-refractivity contribution < 1.29 is 24.5 Å². The van der Waals surface area contributed by atoms with Crippen molar-refractivity contribution in [3.8, 4) is 5.75 Å². The Morgan fingerprint density at radius 2 is 2.05 bits per heavy atom. The Bertz CT molecular complexity index is 509. The number of anilines is 1. The van der Waals surface area contributed by atoms with E-state index < -0.39 is 5.97 Å². The van der Waals surface area contributed by atoms with Crippen molar-refractivity contribution in [2.24, 2.45) is 0 Å². The summed E-state index contributed by atoms with van der Waals surface area (Å²) < 4.78 is 5.25. The predicted molar refractivity (Wildman–Crippen MR) is 71.1 cm³/mol. The number of aromatic carboxylic acids is 1. The van der Waals surface area contributed by atoms with Crippen LogP contribution in [0.15, 0.2) is 18.2 Å². The van der Waals surface area contributed by atoms with Gasteiger partial charge in [-0.2, -0.15) is 0 Å². The minimum Gasteiger partial charge on any atom is -0.506 e. The van der Waals surface area contributed by atoms with E-state index in [9.17, 15) is 14.7 Å². The van der Waals surface area contributed by atoms with Gasteiger partial charge in [0.25, 0.3) is 0 Å². The zero-order valence-electron chi connectivity index (χ0n) is 10.8. The first-order chi connectivity index (χ1) is 9.58. The Balaban J connectivity index is 2.05. The van der Waals surface area contributed by atoms with Gasteiger partial charge in [-0.15, -0.1) is 0 Å². The number of nitrogens with one attached hydrogen (secondary N) is 1. The second kappa shape index (κ2) is 6.25. The molecular formula is C13H16N2O5. The largest absolute Gasteiger partial charge is 0.506 e. The van der Waals surface area contributed by atoms with Crippen LogP contribution in [0.1, 0.15) is 16.8 Å². The third-order valence-corrected chi connectivity index (χ3v) is 3.00. The summed E-state index contributed by atoms with van der Waals surface area (Å²) in [6.07, 6.45) is 0.761. The van der Waals surface area contributed by atoms with Crippen molar-refractivity contribution in [3.05, 3.63) is 23.8 Å². The summed E-state index contributed by atoms with van der Waals surface area (Å²) >= 11 is 0. The number of carboxylic acids is 1. The maximum Gasteiger partial charge on any atom is 0.335 e. The van der Waals surface area contributed by atoms with E-state index >= 15 is 0 Å². The summed E-state index contributed by atoms with van der Waals surface area (Å²) in [7, 11) is 0. The Kier molecular flexibility index (Phi) is 4.41. The molecule has 20 heavy (non-hydrogen) atoms. The number of urea groups is 1. The van der Waals surface area contributed by atoms with Crippen molar-refractivity contribution in [1.29, 1.82) is 0 Å². The van der Waals surface area contributed by atoms with E-state index in [1.165, 1.54) is 12.1 Å². The van der Waals surface area contributed by atoms with Gasteiger partial charge in [0.1, 0.15) is 5.75 Å². The van der Waals surface area contributed by atoms with E-state index in [0.29, 0.717) is 26.3 Å². The minimum atomic E-state index is -1.14. The molecule has 0 atom stereocenters. The van der Waals surface area contributed by atoms with Crippen molar-refractivity contribution in [2.45, 2.75) is 6.42 Å². The third kappa shape index (κ3) is 3.39. The van der Waals surface area contributed by atoms with Crippen LogP contribution in [-0.2, 0) is 4.74 Å². The molecule has 1 heterocycles. The molecule has 7 nitrogen and oxygen atoms in total. The summed E-state index contributed by atoms with van der Waals surface area (Å²) in [4.78, 5) is 24.4. The Morgan fingerprint density at radius 1 is 1.25 bits per heavy atom. The van der Waals surface area contributed by atoms with Crippen molar-refractivity contribution in [2.75, 3.05) is 31.6 Å². The molecule has 0 spiro atoms. The molecule has 2 amide bonds. The van der Waals surface area contributed by atoms with E-state index in [4.69, 9.17) is 9.84 Å². The first-order valence-electron chi connectivity index (χ1n) is 6.28. The average molecular weight is 280 g/mol. The molecule has 0 unspecified atom stereocenters. The number of carboxylic acid groups (broad SMARTS) is 1. The smallest absolute Gasteiger partial charge is 0.335 e. The van der Waals surface area contributed by atoms with Crippen LogP contribution in [0.2, 0.25) is 0 Å². The highest BCUT2D eigenvalue weighted by atomic mass is 16.5. The molecule has 0 saturated carbocycles. The van der Waals surface area contributed by atoms with E-state index in [1.54, 1.807) is 4.90 Å². The molecule has 1 aliphatic heterocycles. The zero-order chi connectivity index (χ0) is 14.5. The van der Waals surface area contributed by atoms with Crippen LogP contribution in [0, 0.1) is 0 Å². The molecule has 1 aliphatic rings. The number of nitrogens with zero attached hydrogens (tertiary/aromatic N) is 1. The van der Waals surface area contributed by atoms with Crippen LogP contribution < -0.4 is 5.32 Å². The molecule has 0 bridgehead atoms. The highest BCUT2D eigenvalue weighted by Crippen LogP contribution is 2.24. The van der Waals surface area contributed by atoms with Gasteiger partial charge in [0.15, 0.2) is 0 Å². The number of rotatable bonds is 2. The molecule has 7 heteroatoms. The summed E-state index contributed by atoms with van der Waals surface area (Å²) in [5.41, 5.74) is 0.147. The van der Waals surface area contributed by atoms with Crippen LogP contribution in [0.25, 0.3) is 0 Å². The van der Waals surface area contributed by atoms with E-state index in [2.05, 4.69) is 5.32 Å². The number of hydrogen-bond donors (Lipinski definition) is 3. The topological polar surface area (TPSA) is 99.1 Å². The Morgan fingerprint density at radius 3 is 2.75 bits per heavy atom. The molecule has 1 aromatic carbocycles. The lowest BCUT2D eigenvalue weighted by molar-refractivity contribution is 0.0696. The van der Waals surface area contributed by atoms with E-state index in [1.807, 2.05) is 0 Å². The Labute approximate surface area is 115 Å². The van der Waals surface area contributed by atoms with Crippen LogP contribution in [-0.4, -0.2) is 53.4 Å². The Hall–Kier alpha value is -2.28. The number of hydrogen-bond acceptors (Lipinski definition) is 4. The molecule has 2 rings (SSSR count). The number of carbonyl (C=O) groups excluding carboxylic acids is 1. The monoisotopic (exact) mass is 280 g/mol. The molecule has 0 aromatic heterocycles. The van der Waals surface area contributed by atoms with Gasteiger partial charge < -0.3 is 25.2 Å². The van der Waals surface area contributed by atoms with Gasteiger partial charge in [0, 0.05) is 19.7 Å². The predicted octanol–water partition coefficient (Wildman–Crippen LogP) is 1.34. The molecular weight excluding hydrogens is 264 g/mol. The van der Waals surface area contributed by atoms with Crippen LogP contribution >= 0.6 is 0 Å². The van der Waals surface area contributed by atoms with Gasteiger partial charge in [-0.05, 0) is 24.6 Å². The lowest BCUT2D eigenvalue weighted by Gasteiger charge is -2.20. The lowest BCUT2D eigenvalue weighted by atomic mass is 10.2. The van der Waals surface area contributed by atoms with E-state index in [0.717, 1.165) is 12.5 Å². The molecule has 108 valence electrons. The van der Waals surface area contributed by atoms with Crippen molar-refractivity contribution in [3.63, 3.8) is 0 Å². The fraction of sp³-hybridized carbons (Fsp3) is 0.385. The number of phenols is 1. The second-order valence-electron chi connectivity index (χ2n) is 4.42. The summed E-state index contributed by atoms with van der Waals surface area (Å²) in [5.74, 6) is -1.41. The standard InChI is InChI=1S/C13H16N2O5/c16-11-8-9(12(17)18)2-3-10(11)14-13(19)15-4-1-6-20-7-5-15/h2-3,8,16H,1,4-7H2,(H,14,19)(H,17,18). The maximum atomic E-state index is 12.0. The molecule has 0 aliphatic carbocycles. The van der Waals surface area contributed by atoms with Gasteiger partial charge in [-0.3, -0.25) is 0 Å². The molecule has 1 fully saturated rings. The number of amides is 2. The number of ether oxygens (including phenoxy) is 1. The van der Waals surface area contributed by atoms with Crippen molar-refractivity contribution in [1.82, 2.24) is 4.90 Å². The lowest BCUT2D eigenvalue weighted by Crippen LogP contribution is -2.36. The highest BCUT2D eigenvalue weighted by Gasteiger charge is 2.17. The van der Waals surface area contributed by atoms with Gasteiger partial charge in [0.2, 0.25) is 0 Å². The molecule has 1 aromatic rings. The molecule has 3 N–H and O–H groups in total. The third-order valence-electron chi connectivity index (χ3n) is 3.00. The summed E-state index contributed by atoms with van der Waals surface area (Å²) in [6, 6.07) is 3.45. The maximum absolute atomic E-state index is 12.0. The first-order valence-corrected chi connectivity index (χ1v) is 6.28. The summed E-state index contributed by atoms with van der Waals surface area (Å²) in [5, 5.41) is 21.1. The van der Waals surface area contributed by atoms with Crippen LogP contribution in [0.5, 0.6) is 5.75 Å². The number of aromatic hydroxyl groups is 1. The number of phenolic OH excluding ortho intramolecular Hbond substituents is 1. The van der Waals surface area contributed by atoms with Gasteiger partial charge in [-0.25, -0.2) is 9.59 Å². The quantitative estimate of drug-likeness (QED) is 0.710. The second-order valence-corrected chi connectivity index (χ2v) is 4.42. The van der Waals surface area contributed by atoms with Gasteiger partial charge in [-0.1, -0.05) is 0 Å². The SMILES string of the molecule is O=C(O)c1ccc(NC(=O)N2CCCOCC2)c(O)c1. The van der Waals surface area contributed by atoms with Crippen LogP contribution in [0.3, 0.4) is 0 Å². The minimum absolute atomic E-state index is 0.0383. The molecule has 0 radical (unpaired) electrons. The van der Waals surface area contributed by atoms with Gasteiger partial charge >= 0.3 is 12.0 Å². The summed E-state index contributed by atoms with van der Waals surface area (Å²) in [6.45, 7) is 2.18. The fourth-order valence-corrected chi connectivity index (χ4v) is 1.91. The van der Waals surface area contributed by atoms with Gasteiger partial charge in [0.05, 0.1) is 17.9 Å². The van der Waals surface area contributed by atoms with E-state index in [-0.39, 0.29) is 23.0 Å². The molecule has 1 saturated heterocycles. The fourth-order valence-electron chi connectivity index (χ4n) is 1.91. The number of carbonyl (C=O) groups is 2. The van der Waals surface area contributed by atoms with Crippen molar-refractivity contribution >= 4 is 17.7 Å². The first kappa shape index (κ1) is 14.1. The normalized spacial score (nSPS) is 15.5. The zero-order valence-corrected chi connectivity index (χ0v) is 10.8. The highest BCUT2D eigenvalue weighted by molar-refractivity contribution is 5.93. The number of benzene rings is 1.